The number of nitrogens with two attached hydrogens (primary N) is 1. The molecule has 1 amide bonds. The number of amides is 1. The van der Waals surface area contributed by atoms with E-state index in [1.807, 2.05) is 0 Å². The van der Waals surface area contributed by atoms with Gasteiger partial charge in [-0.3, -0.25) is 15.2 Å². The fraction of sp³-hybridized carbons (Fsp3) is 0.286. The van der Waals surface area contributed by atoms with Crippen molar-refractivity contribution < 1.29 is 13.2 Å². The molecule has 15 heavy (non-hydrogen) atoms. The third kappa shape index (κ3) is 1.53. The lowest BCUT2D eigenvalue weighted by Crippen LogP contribution is -2.34. The summed E-state index contributed by atoms with van der Waals surface area (Å²) in [7, 11) is -2.43. The summed E-state index contributed by atoms with van der Waals surface area (Å²) < 4.78 is 21.8. The van der Waals surface area contributed by atoms with Crippen molar-refractivity contribution in [2.24, 2.45) is 5.73 Å². The van der Waals surface area contributed by atoms with Gasteiger partial charge >= 0.3 is 0 Å². The molecule has 0 aromatic carbocycles. The van der Waals surface area contributed by atoms with Crippen LogP contribution in [0.5, 0.6) is 0 Å². The average Bonchev–Trinajstić information content (AvgIpc) is 2.60. The number of fused-ring (bicyclic) bond motifs is 1. The molecule has 1 aliphatic rings. The summed E-state index contributed by atoms with van der Waals surface area (Å²) in [5.74, 6) is -0.751. The van der Waals surface area contributed by atoms with Gasteiger partial charge in [0.2, 0.25) is 10.3 Å². The molecule has 0 unspecified atom stereocenters. The molecule has 1 aromatic heterocycles. The van der Waals surface area contributed by atoms with E-state index in [-0.39, 0.29) is 16.2 Å². The number of hydrogen-bond donors (Lipinski definition) is 3. The van der Waals surface area contributed by atoms with Crippen molar-refractivity contribution in [2.45, 2.75) is 6.42 Å². The molecule has 0 spiro atoms. The van der Waals surface area contributed by atoms with E-state index in [2.05, 4.69) is 15.5 Å². The molecule has 0 bridgehead atoms. The fourth-order valence-corrected chi connectivity index (χ4v) is 2.12. The molecule has 7 nitrogen and oxygen atoms in total. The third-order valence-electron chi connectivity index (χ3n) is 2.13. The maximum Gasteiger partial charge on any atom is 0.269 e. The van der Waals surface area contributed by atoms with Crippen LogP contribution in [0, 0.1) is 0 Å². The summed E-state index contributed by atoms with van der Waals surface area (Å²) >= 11 is 0. The Morgan fingerprint density at radius 1 is 1.47 bits per heavy atom. The summed E-state index contributed by atoms with van der Waals surface area (Å²) in [5.41, 5.74) is 5.91. The number of aromatic amines is 1. The average molecular weight is 228 g/mol. The molecule has 0 atom stereocenters. The van der Waals surface area contributed by atoms with Gasteiger partial charge < -0.3 is 5.73 Å². The van der Waals surface area contributed by atoms with Crippen molar-refractivity contribution in [3.8, 4) is 0 Å². The number of aromatic nitrogens is 2. The lowest BCUT2D eigenvalue weighted by molar-refractivity contribution is 0.0995. The largest absolute Gasteiger partial charge is 0.364 e. The maximum atomic E-state index is 11.0. The highest BCUT2D eigenvalue weighted by Crippen LogP contribution is 2.14. The summed E-state index contributed by atoms with van der Waals surface area (Å²) in [6.45, 7) is 0.483. The van der Waals surface area contributed by atoms with Gasteiger partial charge in [-0.05, 0) is 0 Å². The zero-order valence-corrected chi connectivity index (χ0v) is 8.39. The van der Waals surface area contributed by atoms with Crippen molar-refractivity contribution in [1.29, 1.82) is 0 Å². The number of carbonyl (C=O) groups is 1. The molecule has 0 radical (unpaired) electrons. The van der Waals surface area contributed by atoms with Crippen LogP contribution >= 0.6 is 0 Å². The van der Waals surface area contributed by atoms with E-state index in [9.17, 15) is 13.2 Å². The molecule has 0 fully saturated rings. The predicted octanol–water partition coefficient (Wildman–Crippen LogP) is -1.99. The van der Waals surface area contributed by atoms with Gasteiger partial charge in [-0.15, -0.1) is 0 Å². The topological polar surface area (TPSA) is 118 Å². The Kier molecular flexibility index (Phi) is 2.29. The first kappa shape index (κ1) is 9.87. The van der Waals surface area contributed by atoms with Crippen LogP contribution in [0.15, 0.2) is 0 Å². The SMILES string of the molecule is NC(=O)c1n[nH]c2c1C(=S(=O)=O)NCC2. The molecule has 8 heteroatoms. The van der Waals surface area contributed by atoms with Crippen molar-refractivity contribution in [1.82, 2.24) is 15.5 Å². The summed E-state index contributed by atoms with van der Waals surface area (Å²) in [4.78, 5) is 11.0. The van der Waals surface area contributed by atoms with E-state index in [4.69, 9.17) is 5.73 Å². The molecule has 4 N–H and O–H groups in total. The van der Waals surface area contributed by atoms with Crippen LogP contribution in [-0.4, -0.2) is 36.1 Å². The van der Waals surface area contributed by atoms with E-state index >= 15 is 0 Å². The number of primary amides is 1. The molecule has 1 aromatic rings. The first-order chi connectivity index (χ1) is 7.11. The minimum absolute atomic E-state index is 0.0289. The van der Waals surface area contributed by atoms with E-state index in [1.54, 1.807) is 0 Å². The molecule has 2 heterocycles. The number of nitrogens with zero attached hydrogens (tertiary/aromatic N) is 1. The van der Waals surface area contributed by atoms with Crippen molar-refractivity contribution in [3.63, 3.8) is 0 Å². The van der Waals surface area contributed by atoms with Crippen molar-refractivity contribution in [3.05, 3.63) is 17.0 Å². The molecule has 1 aliphatic heterocycles. The lowest BCUT2D eigenvalue weighted by atomic mass is 10.1. The predicted molar refractivity (Wildman–Crippen MR) is 51.8 cm³/mol. The Hall–Kier alpha value is -1.67. The van der Waals surface area contributed by atoms with Gasteiger partial charge in [0.25, 0.3) is 5.91 Å². The first-order valence-corrected chi connectivity index (χ1v) is 5.26. The van der Waals surface area contributed by atoms with Gasteiger partial charge in [-0.2, -0.15) is 13.5 Å². The highest BCUT2D eigenvalue weighted by molar-refractivity contribution is 7.73. The minimum Gasteiger partial charge on any atom is -0.364 e. The Morgan fingerprint density at radius 3 is 2.80 bits per heavy atom. The van der Waals surface area contributed by atoms with Gasteiger partial charge in [0.05, 0.1) is 5.56 Å². The molecular weight excluding hydrogens is 220 g/mol. The van der Waals surface area contributed by atoms with Crippen LogP contribution in [0.3, 0.4) is 0 Å². The normalized spacial score (nSPS) is 14.8. The van der Waals surface area contributed by atoms with Crippen LogP contribution in [0.25, 0.3) is 0 Å². The van der Waals surface area contributed by atoms with Crippen molar-refractivity contribution in [2.75, 3.05) is 6.54 Å². The van der Waals surface area contributed by atoms with E-state index in [0.717, 1.165) is 0 Å². The molecular formula is C7H8N4O3S. The zero-order chi connectivity index (χ0) is 11.0. The van der Waals surface area contributed by atoms with Gasteiger partial charge in [-0.1, -0.05) is 0 Å². The monoisotopic (exact) mass is 228 g/mol. The molecule has 0 aliphatic carbocycles. The minimum atomic E-state index is -2.43. The fourth-order valence-electron chi connectivity index (χ4n) is 1.51. The second-order valence-electron chi connectivity index (χ2n) is 3.03. The van der Waals surface area contributed by atoms with Crippen LogP contribution in [0.1, 0.15) is 21.7 Å². The highest BCUT2D eigenvalue weighted by atomic mass is 32.2. The highest BCUT2D eigenvalue weighted by Gasteiger charge is 2.25. The Morgan fingerprint density at radius 2 is 2.20 bits per heavy atom. The Labute approximate surface area is 86.2 Å². The molecule has 80 valence electrons. The second-order valence-corrected chi connectivity index (χ2v) is 3.91. The van der Waals surface area contributed by atoms with Gasteiger partial charge in [0.1, 0.15) is 4.99 Å². The second kappa shape index (κ2) is 3.48. The Bertz CT molecular complexity index is 549. The number of carbonyl (C=O) groups excluding carboxylic acids is 1. The van der Waals surface area contributed by atoms with Gasteiger partial charge in [0, 0.05) is 18.7 Å². The van der Waals surface area contributed by atoms with Crippen molar-refractivity contribution >= 4 is 21.2 Å². The summed E-state index contributed by atoms with van der Waals surface area (Å²) in [6.07, 6.45) is 0.580. The number of rotatable bonds is 1. The Balaban J connectivity index is 2.74. The quantitative estimate of drug-likeness (QED) is 0.481. The van der Waals surface area contributed by atoms with Crippen LogP contribution in [-0.2, 0) is 16.7 Å². The molecule has 0 saturated carbocycles. The third-order valence-corrected chi connectivity index (χ3v) is 2.81. The van der Waals surface area contributed by atoms with Gasteiger partial charge in [-0.25, -0.2) is 0 Å². The smallest absolute Gasteiger partial charge is 0.269 e. The van der Waals surface area contributed by atoms with E-state index in [0.29, 0.717) is 18.7 Å². The van der Waals surface area contributed by atoms with Gasteiger partial charge in [0.15, 0.2) is 5.69 Å². The van der Waals surface area contributed by atoms with Crippen LogP contribution in [0.2, 0.25) is 0 Å². The zero-order valence-electron chi connectivity index (χ0n) is 7.57. The first-order valence-electron chi connectivity index (χ1n) is 4.18. The number of H-pyrrole nitrogens is 1. The van der Waals surface area contributed by atoms with Crippen LogP contribution < -0.4 is 11.1 Å². The van der Waals surface area contributed by atoms with E-state index < -0.39 is 16.2 Å². The summed E-state index contributed by atoms with van der Waals surface area (Å²) in [5, 5.41) is 9.00. The molecule has 2 rings (SSSR count). The lowest BCUT2D eigenvalue weighted by Gasteiger charge is -2.12. The summed E-state index contributed by atoms with van der Waals surface area (Å²) in [6, 6.07) is 0. The van der Waals surface area contributed by atoms with Crippen LogP contribution in [0.4, 0.5) is 0 Å². The maximum absolute atomic E-state index is 11.0. The number of hydrogen-bond acceptors (Lipinski definition) is 4. The number of nitrogens with one attached hydrogen (secondary N) is 2. The molecule has 0 saturated heterocycles. The standard InChI is InChI=1S/C7H8N4O3S/c8-6(12)5-4-3(10-11-5)1-2-9-7(4)15(13)14/h9H,1-2H2,(H2,8,12)(H,10,11). The van der Waals surface area contributed by atoms with E-state index in [1.165, 1.54) is 0 Å².